The summed E-state index contributed by atoms with van der Waals surface area (Å²) in [4.78, 5) is 11.2. The second-order valence-corrected chi connectivity index (χ2v) is 3.61. The summed E-state index contributed by atoms with van der Waals surface area (Å²) < 4.78 is 0. The van der Waals surface area contributed by atoms with Crippen LogP contribution in [0.5, 0.6) is 0 Å². The molecule has 1 aromatic rings. The van der Waals surface area contributed by atoms with Gasteiger partial charge in [0.05, 0.1) is 12.3 Å². The minimum absolute atomic E-state index is 0.00573. The average Bonchev–Trinajstić information content (AvgIpc) is 2.32. The van der Waals surface area contributed by atoms with Crippen molar-refractivity contribution in [2.24, 2.45) is 0 Å². The number of urea groups is 1. The Balaban J connectivity index is 2.96. The van der Waals surface area contributed by atoms with Crippen molar-refractivity contribution in [3.63, 3.8) is 0 Å². The molecule has 0 saturated heterocycles. The van der Waals surface area contributed by atoms with Crippen LogP contribution in [0, 0.1) is 11.8 Å². The molecular weight excluding hydrogens is 240 g/mol. The summed E-state index contributed by atoms with van der Waals surface area (Å²) in [7, 11) is 1.53. The number of benzene rings is 1. The Labute approximate surface area is 105 Å². The van der Waals surface area contributed by atoms with E-state index in [2.05, 4.69) is 22.5 Å². The van der Waals surface area contributed by atoms with E-state index >= 15 is 0 Å². The molecule has 0 unspecified atom stereocenters. The van der Waals surface area contributed by atoms with Gasteiger partial charge in [-0.3, -0.25) is 0 Å². The fourth-order valence-corrected chi connectivity index (χ4v) is 1.30. The number of hydrogen-bond donors (Lipinski definition) is 3. The van der Waals surface area contributed by atoms with Gasteiger partial charge in [0.1, 0.15) is 0 Å². The van der Waals surface area contributed by atoms with E-state index in [1.807, 2.05) is 0 Å². The Hall–Kier alpha value is -1.70. The molecule has 3 N–H and O–H groups in total. The Kier molecular flexibility index (Phi) is 5.34. The molecule has 90 valence electrons. The number of hydrogen-bond acceptors (Lipinski definition) is 2. The minimum atomic E-state index is -0.322. The van der Waals surface area contributed by atoms with Crippen LogP contribution in [0.15, 0.2) is 18.2 Å². The third-order valence-electron chi connectivity index (χ3n) is 1.92. The van der Waals surface area contributed by atoms with Crippen molar-refractivity contribution in [1.29, 1.82) is 0 Å². The van der Waals surface area contributed by atoms with Crippen LogP contribution in [0.2, 0.25) is 5.02 Å². The number of carbonyl (C=O) groups excluding carboxylic acids is 1. The zero-order valence-electron chi connectivity index (χ0n) is 9.38. The van der Waals surface area contributed by atoms with Gasteiger partial charge < -0.3 is 15.7 Å². The highest BCUT2D eigenvalue weighted by atomic mass is 35.5. The SMILES string of the molecule is CNC(=O)Nc1ccc(Cl)cc1C#CCCO. The largest absolute Gasteiger partial charge is 0.395 e. The third-order valence-corrected chi connectivity index (χ3v) is 2.15. The lowest BCUT2D eigenvalue weighted by Gasteiger charge is -2.07. The molecular formula is C12H13ClN2O2. The Morgan fingerprint density at radius 2 is 2.29 bits per heavy atom. The molecule has 0 heterocycles. The fourth-order valence-electron chi connectivity index (χ4n) is 1.13. The van der Waals surface area contributed by atoms with Gasteiger partial charge in [0.15, 0.2) is 0 Å². The number of anilines is 1. The minimum Gasteiger partial charge on any atom is -0.395 e. The summed E-state index contributed by atoms with van der Waals surface area (Å²) in [6.45, 7) is 0.00573. The van der Waals surface area contributed by atoms with Crippen LogP contribution < -0.4 is 10.6 Å². The fraction of sp³-hybridized carbons (Fsp3) is 0.250. The standard InChI is InChI=1S/C12H13ClN2O2/c1-14-12(17)15-11-6-5-10(13)8-9(11)4-2-3-7-16/h5-6,8,16H,3,7H2,1H3,(H2,14,15,17). The molecule has 0 aromatic heterocycles. The normalized spacial score (nSPS) is 9.12. The first-order valence-electron chi connectivity index (χ1n) is 5.05. The van der Waals surface area contributed by atoms with Gasteiger partial charge in [0.25, 0.3) is 0 Å². The number of aliphatic hydroxyl groups excluding tert-OH is 1. The molecule has 17 heavy (non-hydrogen) atoms. The average molecular weight is 253 g/mol. The Bertz CT molecular complexity index is 463. The smallest absolute Gasteiger partial charge is 0.319 e. The van der Waals surface area contributed by atoms with Gasteiger partial charge >= 0.3 is 6.03 Å². The summed E-state index contributed by atoms with van der Waals surface area (Å²) >= 11 is 5.85. The van der Waals surface area contributed by atoms with E-state index in [-0.39, 0.29) is 12.6 Å². The van der Waals surface area contributed by atoms with E-state index in [0.717, 1.165) is 0 Å². The highest BCUT2D eigenvalue weighted by molar-refractivity contribution is 6.30. The molecule has 2 amide bonds. The van der Waals surface area contributed by atoms with Crippen LogP contribution in [-0.4, -0.2) is 24.8 Å². The highest BCUT2D eigenvalue weighted by Crippen LogP contribution is 2.19. The number of aliphatic hydroxyl groups is 1. The number of nitrogens with one attached hydrogen (secondary N) is 2. The van der Waals surface area contributed by atoms with E-state index in [1.54, 1.807) is 18.2 Å². The molecule has 0 fully saturated rings. The van der Waals surface area contributed by atoms with Crippen molar-refractivity contribution >= 4 is 23.3 Å². The summed E-state index contributed by atoms with van der Waals surface area (Å²) in [5.74, 6) is 5.63. The molecule has 0 aliphatic heterocycles. The lowest BCUT2D eigenvalue weighted by atomic mass is 10.2. The second kappa shape index (κ2) is 6.79. The van der Waals surface area contributed by atoms with Gasteiger partial charge in [-0.25, -0.2) is 4.79 Å². The van der Waals surface area contributed by atoms with Gasteiger partial charge in [-0.15, -0.1) is 0 Å². The predicted octanol–water partition coefficient (Wildman–Crippen LogP) is 1.83. The quantitative estimate of drug-likeness (QED) is 0.703. The zero-order valence-corrected chi connectivity index (χ0v) is 10.1. The zero-order chi connectivity index (χ0) is 12.7. The molecule has 0 spiro atoms. The van der Waals surface area contributed by atoms with Crippen molar-refractivity contribution in [2.45, 2.75) is 6.42 Å². The van der Waals surface area contributed by atoms with E-state index in [4.69, 9.17) is 16.7 Å². The van der Waals surface area contributed by atoms with Crippen molar-refractivity contribution in [2.75, 3.05) is 19.0 Å². The monoisotopic (exact) mass is 252 g/mol. The van der Waals surface area contributed by atoms with Crippen LogP contribution in [0.4, 0.5) is 10.5 Å². The van der Waals surface area contributed by atoms with Crippen LogP contribution >= 0.6 is 11.6 Å². The lowest BCUT2D eigenvalue weighted by molar-refractivity contribution is 0.254. The van der Waals surface area contributed by atoms with E-state index in [0.29, 0.717) is 22.7 Å². The molecule has 0 saturated carbocycles. The van der Waals surface area contributed by atoms with Gasteiger partial charge in [-0.1, -0.05) is 23.4 Å². The van der Waals surface area contributed by atoms with Crippen molar-refractivity contribution in [3.05, 3.63) is 28.8 Å². The molecule has 5 heteroatoms. The second-order valence-electron chi connectivity index (χ2n) is 3.17. The van der Waals surface area contributed by atoms with Gasteiger partial charge in [0.2, 0.25) is 0 Å². The topological polar surface area (TPSA) is 61.4 Å². The number of carbonyl (C=O) groups is 1. The first kappa shape index (κ1) is 13.4. The molecule has 1 rings (SSSR count). The van der Waals surface area contributed by atoms with Gasteiger partial charge in [-0.2, -0.15) is 0 Å². The summed E-state index contributed by atoms with van der Waals surface area (Å²) in [5, 5.41) is 14.3. The van der Waals surface area contributed by atoms with E-state index < -0.39 is 0 Å². The summed E-state index contributed by atoms with van der Waals surface area (Å²) in [6, 6.07) is 4.69. The molecule has 0 radical (unpaired) electrons. The Morgan fingerprint density at radius 1 is 1.53 bits per heavy atom. The maximum Gasteiger partial charge on any atom is 0.319 e. The van der Waals surface area contributed by atoms with Crippen LogP contribution in [0.25, 0.3) is 0 Å². The van der Waals surface area contributed by atoms with Crippen molar-refractivity contribution < 1.29 is 9.90 Å². The molecule has 0 bridgehead atoms. The van der Waals surface area contributed by atoms with E-state index in [9.17, 15) is 4.79 Å². The molecule has 0 atom stereocenters. The van der Waals surface area contributed by atoms with Crippen molar-refractivity contribution in [1.82, 2.24) is 5.32 Å². The predicted molar refractivity (Wildman–Crippen MR) is 68.1 cm³/mol. The maximum atomic E-state index is 11.2. The molecule has 0 aliphatic rings. The lowest BCUT2D eigenvalue weighted by Crippen LogP contribution is -2.24. The third kappa shape index (κ3) is 4.35. The Morgan fingerprint density at radius 3 is 2.94 bits per heavy atom. The number of halogens is 1. The first-order chi connectivity index (χ1) is 8.17. The summed E-state index contributed by atoms with van der Waals surface area (Å²) in [5.41, 5.74) is 1.20. The van der Waals surface area contributed by atoms with Gasteiger partial charge in [-0.05, 0) is 18.2 Å². The molecule has 0 aliphatic carbocycles. The van der Waals surface area contributed by atoms with Crippen molar-refractivity contribution in [3.8, 4) is 11.8 Å². The van der Waals surface area contributed by atoms with Gasteiger partial charge in [0, 0.05) is 24.1 Å². The summed E-state index contributed by atoms with van der Waals surface area (Å²) in [6.07, 6.45) is 0.381. The van der Waals surface area contributed by atoms with Crippen LogP contribution in [-0.2, 0) is 0 Å². The number of rotatable bonds is 2. The molecule has 4 nitrogen and oxygen atoms in total. The maximum absolute atomic E-state index is 11.2. The molecule has 1 aromatic carbocycles. The first-order valence-corrected chi connectivity index (χ1v) is 5.43. The van der Waals surface area contributed by atoms with Crippen LogP contribution in [0.1, 0.15) is 12.0 Å². The van der Waals surface area contributed by atoms with Crippen LogP contribution in [0.3, 0.4) is 0 Å². The number of amides is 2. The van der Waals surface area contributed by atoms with E-state index in [1.165, 1.54) is 7.05 Å². The highest BCUT2D eigenvalue weighted by Gasteiger charge is 2.04.